The number of hydrogen-bond acceptors (Lipinski definition) is 4. The maximum absolute atomic E-state index is 12.3. The van der Waals surface area contributed by atoms with Gasteiger partial charge in [0, 0.05) is 31.4 Å². The number of rotatable bonds is 4. The average molecular weight is 291 g/mol. The molecule has 3 rings (SSSR count). The predicted octanol–water partition coefficient (Wildman–Crippen LogP) is 1.04. The molecule has 4 nitrogen and oxygen atoms in total. The Morgan fingerprint density at radius 1 is 1.40 bits per heavy atom. The van der Waals surface area contributed by atoms with Crippen molar-refractivity contribution in [1.29, 1.82) is 0 Å². The lowest BCUT2D eigenvalue weighted by atomic mass is 10.1. The van der Waals surface area contributed by atoms with Crippen LogP contribution in [-0.4, -0.2) is 47.6 Å². The number of nitrogens with one attached hydrogen (secondary N) is 2. The molecule has 0 bridgehead atoms. The van der Waals surface area contributed by atoms with E-state index in [2.05, 4.69) is 34.9 Å². The number of thioether (sulfide) groups is 1. The van der Waals surface area contributed by atoms with Crippen molar-refractivity contribution in [3.63, 3.8) is 0 Å². The molecule has 0 saturated carbocycles. The second-order valence-corrected chi connectivity index (χ2v) is 6.47. The minimum Gasteiger partial charge on any atom is -0.331 e. The first-order valence-electron chi connectivity index (χ1n) is 7.20. The Hall–Kier alpha value is -1.04. The Morgan fingerprint density at radius 3 is 3.00 bits per heavy atom. The normalized spacial score (nSPS) is 26.1. The van der Waals surface area contributed by atoms with E-state index in [0.717, 1.165) is 37.7 Å². The molecule has 108 valence electrons. The van der Waals surface area contributed by atoms with E-state index in [0.29, 0.717) is 6.04 Å². The van der Waals surface area contributed by atoms with Gasteiger partial charge >= 0.3 is 0 Å². The highest BCUT2D eigenvalue weighted by Gasteiger charge is 2.32. The lowest BCUT2D eigenvalue weighted by Crippen LogP contribution is -2.42. The minimum absolute atomic E-state index is 0.00183. The van der Waals surface area contributed by atoms with Crippen molar-refractivity contribution in [2.45, 2.75) is 25.0 Å². The molecule has 5 heteroatoms. The summed E-state index contributed by atoms with van der Waals surface area (Å²) < 4.78 is 0. The second kappa shape index (κ2) is 6.61. The average Bonchev–Trinajstić information content (AvgIpc) is 3.17. The molecule has 2 N–H and O–H groups in total. The van der Waals surface area contributed by atoms with Gasteiger partial charge in [-0.2, -0.15) is 0 Å². The predicted molar refractivity (Wildman–Crippen MR) is 82.5 cm³/mol. The molecule has 1 aromatic rings. The largest absolute Gasteiger partial charge is 0.331 e. The minimum atomic E-state index is 0.00183. The van der Waals surface area contributed by atoms with Crippen LogP contribution in [0.4, 0.5) is 0 Å². The van der Waals surface area contributed by atoms with Gasteiger partial charge in [0.15, 0.2) is 0 Å². The van der Waals surface area contributed by atoms with Crippen molar-refractivity contribution in [2.24, 2.45) is 0 Å². The highest BCUT2D eigenvalue weighted by atomic mass is 32.2. The Morgan fingerprint density at radius 2 is 2.25 bits per heavy atom. The monoisotopic (exact) mass is 291 g/mol. The molecule has 2 aliphatic heterocycles. The van der Waals surface area contributed by atoms with Crippen LogP contribution in [0, 0.1) is 0 Å². The van der Waals surface area contributed by atoms with E-state index in [9.17, 15) is 4.79 Å². The van der Waals surface area contributed by atoms with Crippen molar-refractivity contribution >= 4 is 17.7 Å². The van der Waals surface area contributed by atoms with E-state index in [-0.39, 0.29) is 11.9 Å². The molecular formula is C15H21N3OS. The van der Waals surface area contributed by atoms with Gasteiger partial charge in [-0.25, -0.2) is 0 Å². The Labute approximate surface area is 124 Å². The van der Waals surface area contributed by atoms with Gasteiger partial charge in [0.2, 0.25) is 5.91 Å². The summed E-state index contributed by atoms with van der Waals surface area (Å²) in [6, 6.07) is 10.8. The molecule has 0 unspecified atom stereocenters. The second-order valence-electron chi connectivity index (χ2n) is 5.40. The fourth-order valence-corrected chi connectivity index (χ4v) is 3.70. The molecule has 2 aliphatic rings. The molecular weight excluding hydrogens is 270 g/mol. The van der Waals surface area contributed by atoms with Crippen molar-refractivity contribution in [3.8, 4) is 0 Å². The van der Waals surface area contributed by atoms with Gasteiger partial charge in [0.05, 0.1) is 11.9 Å². The summed E-state index contributed by atoms with van der Waals surface area (Å²) in [5.74, 6) is 2.21. The SMILES string of the molecule is O=C([C@@H]1C[C@H](NCc2ccccc2)CN1)N1CCSC1. The van der Waals surface area contributed by atoms with Gasteiger partial charge in [0.1, 0.15) is 0 Å². The first-order chi connectivity index (χ1) is 9.83. The van der Waals surface area contributed by atoms with Crippen molar-refractivity contribution in [2.75, 3.05) is 24.7 Å². The van der Waals surface area contributed by atoms with Gasteiger partial charge in [-0.1, -0.05) is 30.3 Å². The Bertz CT molecular complexity index is 448. The van der Waals surface area contributed by atoms with Crippen LogP contribution >= 0.6 is 11.8 Å². The molecule has 2 fully saturated rings. The summed E-state index contributed by atoms with van der Waals surface area (Å²) in [5, 5.41) is 6.89. The van der Waals surface area contributed by atoms with Gasteiger partial charge in [-0.05, 0) is 12.0 Å². The molecule has 0 spiro atoms. The van der Waals surface area contributed by atoms with Crippen molar-refractivity contribution in [3.05, 3.63) is 35.9 Å². The van der Waals surface area contributed by atoms with Crippen LogP contribution in [0.3, 0.4) is 0 Å². The van der Waals surface area contributed by atoms with E-state index >= 15 is 0 Å². The van der Waals surface area contributed by atoms with Gasteiger partial charge < -0.3 is 15.5 Å². The summed E-state index contributed by atoms with van der Waals surface area (Å²) in [4.78, 5) is 14.3. The van der Waals surface area contributed by atoms with E-state index in [4.69, 9.17) is 0 Å². The summed E-state index contributed by atoms with van der Waals surface area (Å²) in [6.45, 7) is 2.65. The zero-order valence-electron chi connectivity index (χ0n) is 11.5. The molecule has 1 amide bonds. The van der Waals surface area contributed by atoms with E-state index in [1.165, 1.54) is 5.56 Å². The maximum atomic E-state index is 12.3. The number of benzene rings is 1. The Balaban J connectivity index is 1.46. The summed E-state index contributed by atoms with van der Waals surface area (Å²) in [5.41, 5.74) is 1.29. The molecule has 2 saturated heterocycles. The zero-order valence-corrected chi connectivity index (χ0v) is 12.4. The Kier molecular flexibility index (Phi) is 4.60. The summed E-state index contributed by atoms with van der Waals surface area (Å²) in [6.07, 6.45) is 0.896. The molecule has 0 radical (unpaired) electrons. The molecule has 2 atom stereocenters. The third-order valence-corrected chi connectivity index (χ3v) is 4.90. The molecule has 0 aliphatic carbocycles. The van der Waals surface area contributed by atoms with Gasteiger partial charge in [-0.3, -0.25) is 4.79 Å². The highest BCUT2D eigenvalue weighted by molar-refractivity contribution is 7.99. The van der Waals surface area contributed by atoms with E-state index < -0.39 is 0 Å². The lowest BCUT2D eigenvalue weighted by molar-refractivity contribution is -0.131. The first-order valence-corrected chi connectivity index (χ1v) is 8.35. The van der Waals surface area contributed by atoms with Crippen molar-refractivity contribution < 1.29 is 4.79 Å². The topological polar surface area (TPSA) is 44.4 Å². The molecule has 20 heavy (non-hydrogen) atoms. The smallest absolute Gasteiger partial charge is 0.240 e. The third-order valence-electron chi connectivity index (χ3n) is 3.93. The van der Waals surface area contributed by atoms with E-state index in [1.807, 2.05) is 22.7 Å². The number of hydrogen-bond donors (Lipinski definition) is 2. The fourth-order valence-electron chi connectivity index (χ4n) is 2.75. The van der Waals surface area contributed by atoms with Crippen LogP contribution in [0.1, 0.15) is 12.0 Å². The van der Waals surface area contributed by atoms with Crippen LogP contribution in [-0.2, 0) is 11.3 Å². The molecule has 0 aromatic heterocycles. The molecule has 1 aromatic carbocycles. The highest BCUT2D eigenvalue weighted by Crippen LogP contribution is 2.17. The standard InChI is InChI=1S/C15H21N3OS/c19-15(18-6-7-20-11-18)14-8-13(10-17-14)16-9-12-4-2-1-3-5-12/h1-5,13-14,16-17H,6-11H2/t13-,14-/m0/s1. The van der Waals surface area contributed by atoms with E-state index in [1.54, 1.807) is 0 Å². The summed E-state index contributed by atoms with van der Waals surface area (Å²) in [7, 11) is 0. The summed E-state index contributed by atoms with van der Waals surface area (Å²) >= 11 is 1.84. The zero-order chi connectivity index (χ0) is 13.8. The fraction of sp³-hybridized carbons (Fsp3) is 0.533. The lowest BCUT2D eigenvalue weighted by Gasteiger charge is -2.19. The quantitative estimate of drug-likeness (QED) is 0.870. The van der Waals surface area contributed by atoms with Crippen LogP contribution in [0.5, 0.6) is 0 Å². The number of carbonyl (C=O) groups is 1. The molecule has 2 heterocycles. The van der Waals surface area contributed by atoms with Gasteiger partial charge in [0.25, 0.3) is 0 Å². The number of carbonyl (C=O) groups excluding carboxylic acids is 1. The number of amides is 1. The van der Waals surface area contributed by atoms with Crippen LogP contribution in [0.2, 0.25) is 0 Å². The van der Waals surface area contributed by atoms with Crippen LogP contribution in [0.15, 0.2) is 30.3 Å². The first kappa shape index (κ1) is 13.9. The van der Waals surface area contributed by atoms with Gasteiger partial charge in [-0.15, -0.1) is 11.8 Å². The number of nitrogens with zero attached hydrogens (tertiary/aromatic N) is 1. The van der Waals surface area contributed by atoms with Crippen molar-refractivity contribution in [1.82, 2.24) is 15.5 Å². The maximum Gasteiger partial charge on any atom is 0.240 e. The van der Waals surface area contributed by atoms with Crippen LogP contribution in [0.25, 0.3) is 0 Å². The third kappa shape index (κ3) is 3.34. The van der Waals surface area contributed by atoms with Crippen LogP contribution < -0.4 is 10.6 Å².